The maximum atomic E-state index is 13.3. The minimum absolute atomic E-state index is 0.140. The first-order chi connectivity index (χ1) is 15.0. The Morgan fingerprint density at radius 3 is 2.74 bits per heavy atom. The van der Waals surface area contributed by atoms with Crippen LogP contribution in [0.4, 0.5) is 5.69 Å². The molecule has 0 saturated carbocycles. The highest BCUT2D eigenvalue weighted by atomic mass is 32.3. The summed E-state index contributed by atoms with van der Waals surface area (Å²) in [5.41, 5.74) is 0.468. The molecule has 0 atom stereocenters. The average Bonchev–Trinajstić information content (AvgIpc) is 3.24. The third-order valence-corrected chi connectivity index (χ3v) is 6.91. The molecule has 9 nitrogen and oxygen atoms in total. The fourth-order valence-electron chi connectivity index (χ4n) is 3.22. The third-order valence-electron chi connectivity index (χ3n) is 4.61. The van der Waals surface area contributed by atoms with Gasteiger partial charge in [0.25, 0.3) is 5.56 Å². The number of anilines is 1. The number of para-hydroxylation sites is 1. The minimum atomic E-state index is -3.56. The molecule has 0 radical (unpaired) electrons. The van der Waals surface area contributed by atoms with Gasteiger partial charge in [0.15, 0.2) is 11.6 Å². The van der Waals surface area contributed by atoms with Gasteiger partial charge in [-0.3, -0.25) is 18.9 Å². The van der Waals surface area contributed by atoms with E-state index in [0.29, 0.717) is 21.6 Å². The Bertz CT molecular complexity index is 1430. The number of hydrogen-bond donors (Lipinski definition) is 4. The quantitative estimate of drug-likeness (QED) is 0.347. The van der Waals surface area contributed by atoms with Crippen molar-refractivity contribution >= 4 is 50.1 Å². The molecule has 4 heterocycles. The number of aromatic hydroxyl groups is 1. The van der Waals surface area contributed by atoms with Gasteiger partial charge >= 0.3 is 0 Å². The van der Waals surface area contributed by atoms with E-state index in [9.17, 15) is 19.0 Å². The van der Waals surface area contributed by atoms with E-state index in [0.717, 1.165) is 4.68 Å². The lowest BCUT2D eigenvalue weighted by Crippen LogP contribution is -2.30. The van der Waals surface area contributed by atoms with Crippen LogP contribution in [-0.4, -0.2) is 35.9 Å². The predicted octanol–water partition coefficient (Wildman–Crippen LogP) is 3.94. The summed E-state index contributed by atoms with van der Waals surface area (Å²) in [4.78, 5) is 17.7. The van der Waals surface area contributed by atoms with E-state index < -0.39 is 16.3 Å². The summed E-state index contributed by atoms with van der Waals surface area (Å²) in [6.07, 6.45) is 3.04. The Morgan fingerprint density at radius 2 is 1.94 bits per heavy atom. The van der Waals surface area contributed by atoms with Crippen LogP contribution in [0.25, 0.3) is 10.2 Å². The molecule has 0 spiro atoms. The standard InChI is InChI=1S/C20H15N5O4S2/c26-17-16(19-23-13-6-1-2-7-15(13)31(28,29)24-19)20(27)25(14-8-10-30-18(14)17)22-11-12-5-3-4-9-21-12/h1-11,26,28-29H,(H,23,24)/b22-11+. The number of benzene rings is 1. The number of nitrogens with one attached hydrogen (secondary N) is 1. The second kappa shape index (κ2) is 7.32. The average molecular weight is 454 g/mol. The number of aromatic nitrogens is 2. The van der Waals surface area contributed by atoms with Crippen LogP contribution in [0.2, 0.25) is 0 Å². The monoisotopic (exact) mass is 453 g/mol. The molecule has 1 aliphatic heterocycles. The third kappa shape index (κ3) is 3.29. The molecular weight excluding hydrogens is 438 g/mol. The van der Waals surface area contributed by atoms with Crippen molar-refractivity contribution in [2.75, 3.05) is 5.32 Å². The maximum absolute atomic E-state index is 13.3. The molecule has 4 N–H and O–H groups in total. The topological polar surface area (TPSA) is 132 Å². The van der Waals surface area contributed by atoms with E-state index in [1.54, 1.807) is 54.0 Å². The van der Waals surface area contributed by atoms with Gasteiger partial charge in [-0.1, -0.05) is 29.0 Å². The highest BCUT2D eigenvalue weighted by Gasteiger charge is 2.30. The van der Waals surface area contributed by atoms with Gasteiger partial charge in [0, 0.05) is 6.20 Å². The van der Waals surface area contributed by atoms with Crippen LogP contribution in [-0.2, 0) is 0 Å². The first kappa shape index (κ1) is 19.5. The first-order valence-electron chi connectivity index (χ1n) is 9.01. The van der Waals surface area contributed by atoms with Crippen molar-refractivity contribution in [3.05, 3.63) is 81.7 Å². The van der Waals surface area contributed by atoms with Crippen LogP contribution in [0, 0.1) is 0 Å². The highest BCUT2D eigenvalue weighted by molar-refractivity contribution is 8.23. The molecule has 3 aromatic heterocycles. The lowest BCUT2D eigenvalue weighted by molar-refractivity contribution is 0.479. The van der Waals surface area contributed by atoms with E-state index in [-0.39, 0.29) is 22.0 Å². The number of rotatable bonds is 3. The van der Waals surface area contributed by atoms with Crippen LogP contribution in [0.5, 0.6) is 5.75 Å². The summed E-state index contributed by atoms with van der Waals surface area (Å²) in [6, 6.07) is 13.5. The Balaban J connectivity index is 1.71. The molecule has 0 amide bonds. The van der Waals surface area contributed by atoms with Crippen molar-refractivity contribution in [1.29, 1.82) is 0 Å². The first-order valence-corrected chi connectivity index (χ1v) is 11.4. The number of fused-ring (bicyclic) bond motifs is 2. The smallest absolute Gasteiger partial charge is 0.286 e. The van der Waals surface area contributed by atoms with Crippen LogP contribution >= 0.6 is 22.1 Å². The van der Waals surface area contributed by atoms with Gasteiger partial charge in [-0.2, -0.15) is 9.78 Å². The maximum Gasteiger partial charge on any atom is 0.286 e. The zero-order chi connectivity index (χ0) is 21.6. The van der Waals surface area contributed by atoms with E-state index >= 15 is 0 Å². The zero-order valence-corrected chi connectivity index (χ0v) is 17.3. The Morgan fingerprint density at radius 1 is 1.13 bits per heavy atom. The fraction of sp³-hybridized carbons (Fsp3) is 0. The van der Waals surface area contributed by atoms with Crippen LogP contribution < -0.4 is 10.9 Å². The largest absolute Gasteiger partial charge is 0.505 e. The number of thiophene rings is 1. The molecule has 4 aromatic rings. The predicted molar refractivity (Wildman–Crippen MR) is 123 cm³/mol. The second-order valence-electron chi connectivity index (χ2n) is 6.55. The van der Waals surface area contributed by atoms with E-state index in [2.05, 4.69) is 19.8 Å². The van der Waals surface area contributed by atoms with Crippen molar-refractivity contribution in [2.45, 2.75) is 4.90 Å². The van der Waals surface area contributed by atoms with Gasteiger partial charge in [0.2, 0.25) is 0 Å². The Labute approximate surface area is 181 Å². The zero-order valence-electron chi connectivity index (χ0n) is 15.7. The number of pyridine rings is 2. The summed E-state index contributed by atoms with van der Waals surface area (Å²) >= 11 is 1.22. The molecule has 0 saturated heterocycles. The van der Waals surface area contributed by atoms with Gasteiger partial charge in [-0.05, 0) is 35.7 Å². The Kier molecular flexibility index (Phi) is 4.59. The molecule has 1 aromatic carbocycles. The van der Waals surface area contributed by atoms with Crippen molar-refractivity contribution < 1.29 is 14.2 Å². The van der Waals surface area contributed by atoms with E-state index in [1.165, 1.54) is 23.6 Å². The van der Waals surface area contributed by atoms with Crippen LogP contribution in [0.15, 0.2) is 79.3 Å². The molecule has 156 valence electrons. The molecule has 1 aliphatic rings. The SMILES string of the molecule is O=c1c(C2=NS(O)(O)c3ccccc3N2)c(O)c2sccc2n1/N=C/c1ccccn1. The summed E-state index contributed by atoms with van der Waals surface area (Å²) in [7, 11) is -3.56. The van der Waals surface area contributed by atoms with Crippen molar-refractivity contribution in [3.8, 4) is 5.75 Å². The molecule has 5 rings (SSSR count). The fourth-order valence-corrected chi connectivity index (χ4v) is 5.20. The van der Waals surface area contributed by atoms with Crippen molar-refractivity contribution in [1.82, 2.24) is 9.66 Å². The molecule has 11 heteroatoms. The highest BCUT2D eigenvalue weighted by Crippen LogP contribution is 2.55. The second-order valence-corrected chi connectivity index (χ2v) is 9.13. The minimum Gasteiger partial charge on any atom is -0.505 e. The molecule has 31 heavy (non-hydrogen) atoms. The van der Waals surface area contributed by atoms with Gasteiger partial charge in [-0.15, -0.1) is 15.7 Å². The van der Waals surface area contributed by atoms with Gasteiger partial charge in [0.05, 0.1) is 27.8 Å². The van der Waals surface area contributed by atoms with Gasteiger partial charge < -0.3 is 10.4 Å². The number of hydrogen-bond acceptors (Lipinski definition) is 9. The summed E-state index contributed by atoms with van der Waals surface area (Å²) < 4.78 is 26.5. The van der Waals surface area contributed by atoms with Crippen molar-refractivity contribution in [2.24, 2.45) is 9.50 Å². The summed E-state index contributed by atoms with van der Waals surface area (Å²) in [5.74, 6) is -0.446. The normalized spacial score (nSPS) is 16.0. The summed E-state index contributed by atoms with van der Waals surface area (Å²) in [6.45, 7) is 0. The molecule has 0 fully saturated rings. The molecule has 0 bridgehead atoms. The van der Waals surface area contributed by atoms with Crippen LogP contribution in [0.1, 0.15) is 11.3 Å². The molecule has 0 unspecified atom stereocenters. The van der Waals surface area contributed by atoms with Gasteiger partial charge in [-0.25, -0.2) is 0 Å². The summed E-state index contributed by atoms with van der Waals surface area (Å²) in [5, 5.41) is 19.8. The number of amidine groups is 1. The molecule has 0 aliphatic carbocycles. The van der Waals surface area contributed by atoms with Crippen LogP contribution in [0.3, 0.4) is 0 Å². The lowest BCUT2D eigenvalue weighted by atomic mass is 10.2. The van der Waals surface area contributed by atoms with E-state index in [4.69, 9.17) is 0 Å². The van der Waals surface area contributed by atoms with E-state index in [1.807, 2.05) is 0 Å². The van der Waals surface area contributed by atoms with Crippen molar-refractivity contribution in [3.63, 3.8) is 0 Å². The Hall–Kier alpha value is -3.51. The number of nitrogens with zero attached hydrogens (tertiary/aromatic N) is 4. The van der Waals surface area contributed by atoms with Gasteiger partial charge in [0.1, 0.15) is 10.5 Å². The lowest BCUT2D eigenvalue weighted by Gasteiger charge is -2.34. The molecular formula is C20H15N5O4S2.